The summed E-state index contributed by atoms with van der Waals surface area (Å²) in [5.74, 6) is -0.217. The molecule has 1 N–H and O–H groups in total. The number of nitro groups is 1. The largest absolute Gasteiger partial charge is 0.336 e. The van der Waals surface area contributed by atoms with Gasteiger partial charge >= 0.3 is 6.03 Å². The van der Waals surface area contributed by atoms with E-state index < -0.39 is 16.4 Å². The minimum absolute atomic E-state index is 0.0743. The number of nitro benzene ring substituents is 1. The molecule has 1 aromatic carbocycles. The van der Waals surface area contributed by atoms with Crippen molar-refractivity contribution in [2.45, 2.75) is 12.8 Å². The molecule has 3 amide bonds. The molecule has 0 unspecified atom stereocenters. The van der Waals surface area contributed by atoms with Crippen molar-refractivity contribution in [1.29, 1.82) is 0 Å². The monoisotopic (exact) mass is 261 g/mol. The van der Waals surface area contributed by atoms with Crippen LogP contribution >= 0.6 is 0 Å². The Morgan fingerprint density at radius 3 is 2.37 bits per heavy atom. The van der Waals surface area contributed by atoms with Crippen molar-refractivity contribution < 1.29 is 14.5 Å². The van der Waals surface area contributed by atoms with Crippen LogP contribution in [0.15, 0.2) is 24.3 Å². The summed E-state index contributed by atoms with van der Waals surface area (Å²) in [4.78, 5) is 35.2. The normalized spacial score (nSPS) is 20.3. The van der Waals surface area contributed by atoms with Gasteiger partial charge in [0.05, 0.1) is 16.0 Å². The third-order valence-electron chi connectivity index (χ3n) is 3.61. The van der Waals surface area contributed by atoms with Crippen molar-refractivity contribution in [1.82, 2.24) is 5.32 Å². The van der Waals surface area contributed by atoms with Gasteiger partial charge in [-0.1, -0.05) is 0 Å². The van der Waals surface area contributed by atoms with Gasteiger partial charge in [-0.15, -0.1) is 0 Å². The molecule has 3 rings (SSSR count). The Labute approximate surface area is 108 Å². The van der Waals surface area contributed by atoms with Crippen LogP contribution in [0.2, 0.25) is 0 Å². The molecule has 1 heterocycles. The summed E-state index contributed by atoms with van der Waals surface area (Å²) in [6.45, 7) is 0.383. The first kappa shape index (κ1) is 11.6. The van der Waals surface area contributed by atoms with Gasteiger partial charge in [0.25, 0.3) is 5.69 Å². The molecule has 0 bridgehead atoms. The highest BCUT2D eigenvalue weighted by atomic mass is 16.6. The van der Waals surface area contributed by atoms with Crippen LogP contribution in [0.4, 0.5) is 16.2 Å². The second-order valence-corrected chi connectivity index (χ2v) is 4.85. The minimum atomic E-state index is -0.524. The Morgan fingerprint density at radius 1 is 1.21 bits per heavy atom. The molecule has 98 valence electrons. The van der Waals surface area contributed by atoms with Crippen LogP contribution in [0.1, 0.15) is 12.8 Å². The smallest absolute Gasteiger partial charge is 0.328 e. The van der Waals surface area contributed by atoms with Gasteiger partial charge in [0.15, 0.2) is 0 Å². The molecule has 1 aromatic rings. The molecular formula is C12H11N3O4. The maximum absolute atomic E-state index is 12.3. The fourth-order valence-electron chi connectivity index (χ4n) is 2.23. The quantitative estimate of drug-likeness (QED) is 0.643. The fourth-order valence-corrected chi connectivity index (χ4v) is 2.23. The summed E-state index contributed by atoms with van der Waals surface area (Å²) in [6, 6.07) is 4.92. The van der Waals surface area contributed by atoms with E-state index in [0.717, 1.165) is 17.7 Å². The molecule has 1 aliphatic carbocycles. The van der Waals surface area contributed by atoms with Crippen molar-refractivity contribution in [3.63, 3.8) is 0 Å². The number of nitrogens with zero attached hydrogens (tertiary/aromatic N) is 2. The molecule has 0 radical (unpaired) electrons. The predicted octanol–water partition coefficient (Wildman–Crippen LogP) is 1.43. The van der Waals surface area contributed by atoms with Gasteiger partial charge in [0, 0.05) is 18.7 Å². The zero-order valence-electron chi connectivity index (χ0n) is 9.96. The average molecular weight is 261 g/mol. The van der Waals surface area contributed by atoms with E-state index in [9.17, 15) is 19.7 Å². The maximum atomic E-state index is 12.3. The number of non-ortho nitro benzene ring substituents is 1. The number of urea groups is 1. The Balaban J connectivity index is 1.93. The van der Waals surface area contributed by atoms with Crippen molar-refractivity contribution >= 4 is 23.3 Å². The van der Waals surface area contributed by atoms with Gasteiger partial charge < -0.3 is 5.32 Å². The van der Waals surface area contributed by atoms with Crippen molar-refractivity contribution in [3.05, 3.63) is 34.4 Å². The first-order valence-corrected chi connectivity index (χ1v) is 5.90. The molecule has 7 nitrogen and oxygen atoms in total. The van der Waals surface area contributed by atoms with Crippen molar-refractivity contribution in [3.8, 4) is 0 Å². The Hall–Kier alpha value is -2.44. The van der Waals surface area contributed by atoms with Crippen molar-refractivity contribution in [2.75, 3.05) is 11.4 Å². The van der Waals surface area contributed by atoms with E-state index in [2.05, 4.69) is 5.32 Å². The minimum Gasteiger partial charge on any atom is -0.336 e. The molecule has 2 aliphatic rings. The predicted molar refractivity (Wildman–Crippen MR) is 65.6 cm³/mol. The van der Waals surface area contributed by atoms with Gasteiger partial charge in [-0.3, -0.25) is 14.9 Å². The lowest BCUT2D eigenvalue weighted by Crippen LogP contribution is -2.56. The van der Waals surface area contributed by atoms with Crippen LogP contribution < -0.4 is 10.2 Å². The van der Waals surface area contributed by atoms with E-state index in [1.165, 1.54) is 24.3 Å². The van der Waals surface area contributed by atoms with Crippen molar-refractivity contribution in [2.24, 2.45) is 5.41 Å². The van der Waals surface area contributed by atoms with E-state index >= 15 is 0 Å². The third kappa shape index (κ3) is 1.74. The Kier molecular flexibility index (Phi) is 2.31. The highest BCUT2D eigenvalue weighted by molar-refractivity contribution is 6.18. The lowest BCUT2D eigenvalue weighted by Gasteiger charge is -2.31. The van der Waals surface area contributed by atoms with E-state index in [1.54, 1.807) is 0 Å². The molecule has 1 saturated heterocycles. The molecule has 2 fully saturated rings. The summed E-state index contributed by atoms with van der Waals surface area (Å²) < 4.78 is 0. The molecule has 0 atom stereocenters. The number of hydrogen-bond acceptors (Lipinski definition) is 4. The standard InChI is InChI=1S/C12H11N3O4/c16-10-12(5-6-12)7-13-11(17)14(10)8-1-3-9(4-2-8)15(18)19/h1-4H,5-7H2,(H,13,17). The Bertz CT molecular complexity index is 577. The van der Waals surface area contributed by atoms with E-state index in [1.807, 2.05) is 0 Å². The lowest BCUT2D eigenvalue weighted by molar-refractivity contribution is -0.384. The number of hydrogen-bond donors (Lipinski definition) is 1. The van der Waals surface area contributed by atoms with Crippen LogP contribution in [0.3, 0.4) is 0 Å². The number of amides is 3. The molecule has 1 aliphatic heterocycles. The van der Waals surface area contributed by atoms with Crippen LogP contribution in [-0.4, -0.2) is 23.4 Å². The van der Waals surface area contributed by atoms with Gasteiger partial charge in [0.2, 0.25) is 5.91 Å². The van der Waals surface area contributed by atoms with Crippen LogP contribution in [0.5, 0.6) is 0 Å². The van der Waals surface area contributed by atoms with Crippen LogP contribution in [0, 0.1) is 15.5 Å². The van der Waals surface area contributed by atoms with Gasteiger partial charge in [-0.25, -0.2) is 9.69 Å². The first-order chi connectivity index (χ1) is 9.03. The van der Waals surface area contributed by atoms with Crippen LogP contribution in [0.25, 0.3) is 0 Å². The number of carbonyl (C=O) groups excluding carboxylic acids is 2. The molecule has 7 heteroatoms. The van der Waals surface area contributed by atoms with Gasteiger partial charge in [0.1, 0.15) is 0 Å². The van der Waals surface area contributed by atoms with Gasteiger partial charge in [-0.2, -0.15) is 0 Å². The number of anilines is 1. The summed E-state index contributed by atoms with van der Waals surface area (Å²) in [5, 5.41) is 13.3. The first-order valence-electron chi connectivity index (χ1n) is 5.90. The highest BCUT2D eigenvalue weighted by Gasteiger charge is 2.56. The number of imide groups is 1. The summed E-state index contributed by atoms with van der Waals surface area (Å²) in [5.41, 5.74) is -0.163. The summed E-state index contributed by atoms with van der Waals surface area (Å²) >= 11 is 0. The molecule has 19 heavy (non-hydrogen) atoms. The number of benzene rings is 1. The third-order valence-corrected chi connectivity index (χ3v) is 3.61. The second kappa shape index (κ2) is 3.78. The highest BCUT2D eigenvalue weighted by Crippen LogP contribution is 2.48. The van der Waals surface area contributed by atoms with E-state index in [4.69, 9.17) is 0 Å². The number of carbonyl (C=O) groups is 2. The average Bonchev–Trinajstić information content (AvgIpc) is 3.17. The topological polar surface area (TPSA) is 92.6 Å². The van der Waals surface area contributed by atoms with E-state index in [0.29, 0.717) is 12.2 Å². The number of nitrogens with one attached hydrogen (secondary N) is 1. The zero-order valence-corrected chi connectivity index (χ0v) is 9.96. The SMILES string of the molecule is O=C1NCC2(CC2)C(=O)N1c1ccc([N+](=O)[O-])cc1. The van der Waals surface area contributed by atoms with E-state index in [-0.39, 0.29) is 11.6 Å². The molecule has 1 saturated carbocycles. The Morgan fingerprint density at radius 2 is 1.84 bits per heavy atom. The summed E-state index contributed by atoms with van der Waals surface area (Å²) in [7, 11) is 0. The molecule has 0 aromatic heterocycles. The van der Waals surface area contributed by atoms with Gasteiger partial charge in [-0.05, 0) is 25.0 Å². The maximum Gasteiger partial charge on any atom is 0.328 e. The molecular weight excluding hydrogens is 250 g/mol. The zero-order chi connectivity index (χ0) is 13.6. The fraction of sp³-hybridized carbons (Fsp3) is 0.333. The number of rotatable bonds is 2. The van der Waals surface area contributed by atoms with Crippen LogP contribution in [-0.2, 0) is 4.79 Å². The molecule has 1 spiro atoms. The second-order valence-electron chi connectivity index (χ2n) is 4.85. The summed E-state index contributed by atoms with van der Waals surface area (Å²) in [6.07, 6.45) is 1.55. The lowest BCUT2D eigenvalue weighted by atomic mass is 10.0.